The van der Waals surface area contributed by atoms with E-state index in [0.29, 0.717) is 51.0 Å². The van der Waals surface area contributed by atoms with Crippen molar-refractivity contribution in [2.45, 2.75) is 19.3 Å². The third-order valence-electron chi connectivity index (χ3n) is 5.75. The van der Waals surface area contributed by atoms with Gasteiger partial charge >= 0.3 is 0 Å². The van der Waals surface area contributed by atoms with Crippen molar-refractivity contribution in [3.05, 3.63) is 82.9 Å². The molecule has 0 saturated carbocycles. The fourth-order valence-electron chi connectivity index (χ4n) is 3.68. The number of hydrogen-bond acceptors (Lipinski definition) is 9. The Kier molecular flexibility index (Phi) is 8.89. The molecule has 4 aromatic rings. The maximum atomic E-state index is 13.5. The lowest BCUT2D eigenvalue weighted by molar-refractivity contribution is -0.123. The van der Waals surface area contributed by atoms with Gasteiger partial charge in [0.1, 0.15) is 18.1 Å². The molecule has 3 aromatic carbocycles. The summed E-state index contributed by atoms with van der Waals surface area (Å²) in [7, 11) is 3.94. The molecule has 0 fully saturated rings. The molecule has 9 nitrogen and oxygen atoms in total. The molecule has 196 valence electrons. The van der Waals surface area contributed by atoms with Crippen LogP contribution < -0.4 is 14.8 Å². The Morgan fingerprint density at radius 2 is 1.71 bits per heavy atom. The maximum absolute atomic E-state index is 13.5. The maximum Gasteiger partial charge on any atom is 0.271 e. The monoisotopic (exact) mass is 532 g/mol. The second kappa shape index (κ2) is 12.5. The Hall–Kier alpha value is -4.01. The summed E-state index contributed by atoms with van der Waals surface area (Å²) in [5, 5.41) is 31.4. The number of anilines is 1. The Morgan fingerprint density at radius 3 is 2.34 bits per heavy atom. The van der Waals surface area contributed by atoms with E-state index in [1.165, 1.54) is 11.3 Å². The highest BCUT2D eigenvalue weighted by Crippen LogP contribution is 2.31. The van der Waals surface area contributed by atoms with Gasteiger partial charge < -0.3 is 24.6 Å². The highest BCUT2D eigenvalue weighted by molar-refractivity contribution is 7.22. The van der Waals surface area contributed by atoms with E-state index < -0.39 is 12.0 Å². The summed E-state index contributed by atoms with van der Waals surface area (Å²) in [6.45, 7) is 0.878. The molecule has 1 heterocycles. The fourth-order valence-corrected chi connectivity index (χ4v) is 4.59. The van der Waals surface area contributed by atoms with Crippen molar-refractivity contribution in [2.75, 3.05) is 32.6 Å². The minimum absolute atomic E-state index is 0.208. The Balaban J connectivity index is 1.58. The van der Waals surface area contributed by atoms with Gasteiger partial charge in [0.2, 0.25) is 6.10 Å². The minimum Gasteiger partial charge on any atom is -0.492 e. The van der Waals surface area contributed by atoms with Crippen LogP contribution in [-0.2, 0) is 18.0 Å². The summed E-state index contributed by atoms with van der Waals surface area (Å²) in [6.07, 6.45) is -1.01. The number of hydrogen-bond donors (Lipinski definition) is 3. The van der Waals surface area contributed by atoms with E-state index in [4.69, 9.17) is 14.7 Å². The summed E-state index contributed by atoms with van der Waals surface area (Å²) < 4.78 is 12.6. The molecule has 0 aliphatic carbocycles. The Morgan fingerprint density at radius 1 is 1.05 bits per heavy atom. The van der Waals surface area contributed by atoms with Gasteiger partial charge in [0, 0.05) is 12.1 Å². The van der Waals surface area contributed by atoms with Gasteiger partial charge in [-0.15, -0.1) is 0 Å². The number of benzene rings is 3. The Labute approximate surface area is 224 Å². The molecular formula is C28H28N4O5S. The smallest absolute Gasteiger partial charge is 0.271 e. The summed E-state index contributed by atoms with van der Waals surface area (Å²) in [4.78, 5) is 20.0. The van der Waals surface area contributed by atoms with Gasteiger partial charge in [-0.2, -0.15) is 5.26 Å². The lowest BCUT2D eigenvalue weighted by Gasteiger charge is -2.19. The van der Waals surface area contributed by atoms with Crippen LogP contribution in [0.3, 0.4) is 0 Å². The number of nitrogens with zero attached hydrogens (tertiary/aromatic N) is 3. The first-order valence-corrected chi connectivity index (χ1v) is 12.7. The van der Waals surface area contributed by atoms with Crippen LogP contribution >= 0.6 is 11.3 Å². The van der Waals surface area contributed by atoms with E-state index in [9.17, 15) is 15.0 Å². The number of amides is 1. The quantitative estimate of drug-likeness (QED) is 0.266. The average molecular weight is 533 g/mol. The van der Waals surface area contributed by atoms with Crippen molar-refractivity contribution in [2.24, 2.45) is 0 Å². The molecule has 0 spiro atoms. The van der Waals surface area contributed by atoms with Gasteiger partial charge in [0.25, 0.3) is 5.91 Å². The van der Waals surface area contributed by atoms with Crippen molar-refractivity contribution in [3.63, 3.8) is 0 Å². The van der Waals surface area contributed by atoms with Crippen molar-refractivity contribution in [1.29, 1.82) is 5.26 Å². The number of carbonyl (C=O) groups is 1. The van der Waals surface area contributed by atoms with Crippen LogP contribution in [0.25, 0.3) is 10.2 Å². The van der Waals surface area contributed by atoms with Crippen LogP contribution in [-0.4, -0.2) is 53.3 Å². The number of ether oxygens (including phenoxy) is 2. The topological polar surface area (TPSA) is 128 Å². The third kappa shape index (κ3) is 6.65. The fraction of sp³-hybridized carbons (Fsp3) is 0.250. The number of carbonyl (C=O) groups excluding carboxylic acids is 1. The van der Waals surface area contributed by atoms with E-state index in [0.717, 1.165) is 11.2 Å². The van der Waals surface area contributed by atoms with E-state index in [2.05, 4.69) is 16.4 Å². The third-order valence-corrected chi connectivity index (χ3v) is 6.68. The van der Waals surface area contributed by atoms with Crippen LogP contribution in [0.15, 0.2) is 60.7 Å². The first-order valence-electron chi connectivity index (χ1n) is 11.9. The second-order valence-electron chi connectivity index (χ2n) is 8.77. The molecule has 4 rings (SSSR count). The van der Waals surface area contributed by atoms with Gasteiger partial charge in [0.05, 0.1) is 35.1 Å². The van der Waals surface area contributed by atoms with Gasteiger partial charge in [-0.3, -0.25) is 10.1 Å². The van der Waals surface area contributed by atoms with Gasteiger partial charge in [0.15, 0.2) is 5.13 Å². The summed E-state index contributed by atoms with van der Waals surface area (Å²) in [5.41, 5.74) is 2.89. The van der Waals surface area contributed by atoms with Crippen molar-refractivity contribution in [3.8, 4) is 17.6 Å². The number of aliphatic hydroxyl groups is 2. The molecule has 0 bridgehead atoms. The lowest BCUT2D eigenvalue weighted by atomic mass is 10.1. The first-order chi connectivity index (χ1) is 18.4. The highest BCUT2D eigenvalue weighted by atomic mass is 32.1. The van der Waals surface area contributed by atoms with E-state index in [-0.39, 0.29) is 13.2 Å². The van der Waals surface area contributed by atoms with Crippen LogP contribution in [0, 0.1) is 11.3 Å². The van der Waals surface area contributed by atoms with Gasteiger partial charge in [-0.25, -0.2) is 4.98 Å². The minimum atomic E-state index is -1.01. The molecule has 1 aromatic heterocycles. The molecule has 38 heavy (non-hydrogen) atoms. The van der Waals surface area contributed by atoms with Crippen molar-refractivity contribution < 1.29 is 24.5 Å². The molecule has 0 saturated heterocycles. The number of nitrogens with one attached hydrogen (secondary N) is 1. The molecule has 0 aliphatic heterocycles. The van der Waals surface area contributed by atoms with Gasteiger partial charge in [-0.05, 0) is 73.8 Å². The SMILES string of the molecule is CN(C)CCOc1ccc(C(Oc2ccc(C#N)cc2)C(=O)Nc2nc3cc(CO)c(CO)cc3s2)cc1. The number of likely N-dealkylation sites (N-methyl/N-ethyl adjacent to an activating group) is 1. The number of thiazole rings is 1. The molecule has 1 unspecified atom stereocenters. The predicted octanol–water partition coefficient (Wildman–Crippen LogP) is 3.85. The number of fused-ring (bicyclic) bond motifs is 1. The number of nitriles is 1. The zero-order valence-electron chi connectivity index (χ0n) is 21.0. The zero-order chi connectivity index (χ0) is 27.1. The first kappa shape index (κ1) is 27.0. The molecule has 0 aliphatic rings. The number of aliphatic hydroxyl groups excluding tert-OH is 2. The van der Waals surface area contributed by atoms with E-state index in [1.807, 2.05) is 19.0 Å². The molecule has 3 N–H and O–H groups in total. The van der Waals surface area contributed by atoms with Crippen LogP contribution in [0.2, 0.25) is 0 Å². The van der Waals surface area contributed by atoms with Crippen LogP contribution in [0.5, 0.6) is 11.5 Å². The predicted molar refractivity (Wildman–Crippen MR) is 145 cm³/mol. The standard InChI is InChI=1S/C28H28N4O5S/c1-32(2)11-12-36-22-9-5-19(6-10-22)26(37-23-7-3-18(15-29)4-8-23)27(35)31-28-30-24-13-20(16-33)21(17-34)14-25(24)38-28/h3-10,13-14,26,33-34H,11-12,16-17H2,1-2H3,(H,30,31,35). The normalized spacial score (nSPS) is 11.8. The van der Waals surface area contributed by atoms with Crippen LogP contribution in [0.1, 0.15) is 28.4 Å². The zero-order valence-corrected chi connectivity index (χ0v) is 21.9. The molecule has 1 atom stereocenters. The summed E-state index contributed by atoms with van der Waals surface area (Å²) >= 11 is 1.26. The second-order valence-corrected chi connectivity index (χ2v) is 9.80. The Bertz CT molecular complexity index is 1390. The largest absolute Gasteiger partial charge is 0.492 e. The van der Waals surface area contributed by atoms with Crippen molar-refractivity contribution in [1.82, 2.24) is 9.88 Å². The van der Waals surface area contributed by atoms with E-state index >= 15 is 0 Å². The van der Waals surface area contributed by atoms with Crippen LogP contribution in [0.4, 0.5) is 5.13 Å². The summed E-state index contributed by atoms with van der Waals surface area (Å²) in [5.74, 6) is 0.679. The highest BCUT2D eigenvalue weighted by Gasteiger charge is 2.24. The molecule has 10 heteroatoms. The van der Waals surface area contributed by atoms with Gasteiger partial charge in [-0.1, -0.05) is 23.5 Å². The molecule has 0 radical (unpaired) electrons. The van der Waals surface area contributed by atoms with E-state index in [1.54, 1.807) is 60.7 Å². The number of rotatable bonds is 11. The molecule has 1 amide bonds. The van der Waals surface area contributed by atoms with Crippen molar-refractivity contribution >= 4 is 32.6 Å². The lowest BCUT2D eigenvalue weighted by Crippen LogP contribution is -2.25. The number of aromatic nitrogens is 1. The summed E-state index contributed by atoms with van der Waals surface area (Å²) in [6, 6.07) is 19.2. The molecular weight excluding hydrogens is 504 g/mol. The average Bonchev–Trinajstić information content (AvgIpc) is 3.32.